The third-order valence-corrected chi connectivity index (χ3v) is 4.51. The summed E-state index contributed by atoms with van der Waals surface area (Å²) in [7, 11) is 1.65. The van der Waals surface area contributed by atoms with Crippen LogP contribution in [0, 0.1) is 13.8 Å². The molecule has 7 nitrogen and oxygen atoms in total. The van der Waals surface area contributed by atoms with Gasteiger partial charge in [0.2, 0.25) is 0 Å². The molecule has 0 aliphatic heterocycles. The van der Waals surface area contributed by atoms with Crippen LogP contribution in [-0.4, -0.2) is 31.3 Å². The molecule has 26 heavy (non-hydrogen) atoms. The van der Waals surface area contributed by atoms with Crippen molar-refractivity contribution < 1.29 is 4.74 Å². The highest BCUT2D eigenvalue weighted by atomic mass is 16.5. The molecule has 3 heterocycles. The third kappa shape index (κ3) is 2.36. The molecule has 130 valence electrons. The average molecular weight is 347 g/mol. The number of fused-ring (bicyclic) bond motifs is 1. The maximum atomic E-state index is 13.0. The molecule has 0 unspecified atom stereocenters. The summed E-state index contributed by atoms with van der Waals surface area (Å²) in [5.41, 5.74) is 4.17. The molecule has 0 amide bonds. The minimum atomic E-state index is -0.261. The zero-order valence-electron chi connectivity index (χ0n) is 14.7. The predicted molar refractivity (Wildman–Crippen MR) is 97.8 cm³/mol. The Morgan fingerprint density at radius 3 is 2.50 bits per heavy atom. The fraction of sp³-hybridized carbons (Fsp3) is 0.158. The van der Waals surface area contributed by atoms with Crippen LogP contribution in [0.1, 0.15) is 11.1 Å². The van der Waals surface area contributed by atoms with Crippen molar-refractivity contribution in [2.24, 2.45) is 0 Å². The van der Waals surface area contributed by atoms with Gasteiger partial charge in [-0.25, -0.2) is 9.97 Å². The van der Waals surface area contributed by atoms with Gasteiger partial charge in [0.25, 0.3) is 11.5 Å². The molecular formula is C19H17N5O2. The lowest BCUT2D eigenvalue weighted by atomic mass is 9.99. The van der Waals surface area contributed by atoms with Crippen molar-refractivity contribution >= 4 is 5.52 Å². The summed E-state index contributed by atoms with van der Waals surface area (Å²) in [5.74, 6) is 1.06. The van der Waals surface area contributed by atoms with Gasteiger partial charge in [0.05, 0.1) is 7.11 Å². The SMILES string of the molecule is COc1cccc(-c2cn3cnn(-c4ncccn4)c(=O)c3c2C)c1C. The van der Waals surface area contributed by atoms with Gasteiger partial charge in [0, 0.05) is 24.2 Å². The molecule has 4 aromatic rings. The van der Waals surface area contributed by atoms with E-state index in [1.807, 2.05) is 38.2 Å². The van der Waals surface area contributed by atoms with Crippen LogP contribution in [0.5, 0.6) is 5.75 Å². The summed E-state index contributed by atoms with van der Waals surface area (Å²) in [6.45, 7) is 3.94. The van der Waals surface area contributed by atoms with Gasteiger partial charge in [-0.15, -0.1) is 0 Å². The average Bonchev–Trinajstić information content (AvgIpc) is 3.00. The van der Waals surface area contributed by atoms with Crippen LogP contribution in [0.4, 0.5) is 0 Å². The first-order valence-corrected chi connectivity index (χ1v) is 8.12. The molecule has 7 heteroatoms. The Labute approximate surface area is 149 Å². The third-order valence-electron chi connectivity index (χ3n) is 4.51. The molecule has 0 saturated carbocycles. The van der Waals surface area contributed by atoms with Crippen LogP contribution in [-0.2, 0) is 0 Å². The molecule has 4 rings (SSSR count). The van der Waals surface area contributed by atoms with E-state index in [9.17, 15) is 4.79 Å². The lowest BCUT2D eigenvalue weighted by Gasteiger charge is -2.09. The molecule has 3 aromatic heterocycles. The topological polar surface area (TPSA) is 74.3 Å². The van der Waals surface area contributed by atoms with E-state index >= 15 is 0 Å². The summed E-state index contributed by atoms with van der Waals surface area (Å²) in [4.78, 5) is 21.2. The highest BCUT2D eigenvalue weighted by Gasteiger charge is 2.17. The van der Waals surface area contributed by atoms with Gasteiger partial charge in [0.15, 0.2) is 0 Å². The summed E-state index contributed by atoms with van der Waals surface area (Å²) in [5, 5.41) is 4.20. The lowest BCUT2D eigenvalue weighted by Crippen LogP contribution is -2.24. The van der Waals surface area contributed by atoms with E-state index in [1.165, 1.54) is 4.68 Å². The molecule has 0 N–H and O–H groups in total. The van der Waals surface area contributed by atoms with Crippen LogP contribution in [0.2, 0.25) is 0 Å². The fourth-order valence-corrected chi connectivity index (χ4v) is 3.19. The van der Waals surface area contributed by atoms with Crippen LogP contribution >= 0.6 is 0 Å². The monoisotopic (exact) mass is 347 g/mol. The number of hydrogen-bond acceptors (Lipinski definition) is 5. The maximum absolute atomic E-state index is 13.0. The minimum absolute atomic E-state index is 0.250. The predicted octanol–water partition coefficient (Wildman–Crippen LogP) is 2.57. The van der Waals surface area contributed by atoms with E-state index in [1.54, 1.807) is 36.3 Å². The van der Waals surface area contributed by atoms with Gasteiger partial charge in [-0.3, -0.25) is 4.79 Å². The van der Waals surface area contributed by atoms with Crippen LogP contribution in [0.3, 0.4) is 0 Å². The summed E-state index contributed by atoms with van der Waals surface area (Å²) in [6, 6.07) is 7.58. The van der Waals surface area contributed by atoms with Crippen LogP contribution in [0.25, 0.3) is 22.6 Å². The molecule has 0 aliphatic carbocycles. The summed E-state index contributed by atoms with van der Waals surface area (Å²) >= 11 is 0. The number of rotatable bonds is 3. The number of benzene rings is 1. The molecule has 0 saturated heterocycles. The van der Waals surface area contributed by atoms with Crippen LogP contribution < -0.4 is 10.3 Å². The first-order chi connectivity index (χ1) is 12.6. The normalized spacial score (nSPS) is 11.0. The van der Waals surface area contributed by atoms with E-state index < -0.39 is 0 Å². The molecule has 0 bridgehead atoms. The second-order valence-corrected chi connectivity index (χ2v) is 5.95. The van der Waals surface area contributed by atoms with Crippen molar-refractivity contribution in [3.05, 3.63) is 70.7 Å². The Balaban J connectivity index is 1.97. The Morgan fingerprint density at radius 1 is 1.00 bits per heavy atom. The van der Waals surface area contributed by atoms with Crippen LogP contribution in [0.15, 0.2) is 54.0 Å². The van der Waals surface area contributed by atoms with Gasteiger partial charge in [-0.1, -0.05) is 12.1 Å². The first kappa shape index (κ1) is 16.0. The van der Waals surface area contributed by atoms with Crippen molar-refractivity contribution in [3.8, 4) is 22.8 Å². The molecular weight excluding hydrogens is 330 g/mol. The highest BCUT2D eigenvalue weighted by Crippen LogP contribution is 2.33. The molecule has 0 radical (unpaired) electrons. The first-order valence-electron chi connectivity index (χ1n) is 8.12. The van der Waals surface area contributed by atoms with Gasteiger partial charge >= 0.3 is 0 Å². The number of ether oxygens (including phenoxy) is 1. The second kappa shape index (κ2) is 6.11. The number of aromatic nitrogens is 5. The Kier molecular flexibility index (Phi) is 3.76. The van der Waals surface area contributed by atoms with Gasteiger partial charge in [-0.2, -0.15) is 9.78 Å². The quantitative estimate of drug-likeness (QED) is 0.569. The van der Waals surface area contributed by atoms with Gasteiger partial charge in [0.1, 0.15) is 17.6 Å². The fourth-order valence-electron chi connectivity index (χ4n) is 3.19. The van der Waals surface area contributed by atoms with Gasteiger partial charge < -0.3 is 9.14 Å². The van der Waals surface area contributed by atoms with Crippen molar-refractivity contribution in [2.45, 2.75) is 13.8 Å². The van der Waals surface area contributed by atoms with Crippen molar-refractivity contribution in [3.63, 3.8) is 0 Å². The molecule has 0 fully saturated rings. The van der Waals surface area contributed by atoms with E-state index in [0.29, 0.717) is 5.52 Å². The largest absolute Gasteiger partial charge is 0.496 e. The van der Waals surface area contributed by atoms with E-state index in [-0.39, 0.29) is 11.5 Å². The smallest absolute Gasteiger partial charge is 0.298 e. The molecule has 0 aliphatic rings. The Bertz CT molecular complexity index is 1160. The minimum Gasteiger partial charge on any atom is -0.496 e. The van der Waals surface area contributed by atoms with Crippen molar-refractivity contribution in [1.82, 2.24) is 24.1 Å². The second-order valence-electron chi connectivity index (χ2n) is 5.95. The summed E-state index contributed by atoms with van der Waals surface area (Å²) < 4.78 is 8.37. The number of aryl methyl sites for hydroxylation is 1. The summed E-state index contributed by atoms with van der Waals surface area (Å²) in [6.07, 6.45) is 6.67. The standard InChI is InChI=1S/C19H17N5O2/c1-12-14(6-4-7-16(12)26-3)15-10-23-11-22-24(18(25)17(23)13(15)2)19-20-8-5-9-21-19/h4-11H,1-3H3. The van der Waals surface area contributed by atoms with E-state index in [2.05, 4.69) is 15.1 Å². The number of hydrogen-bond donors (Lipinski definition) is 0. The molecule has 0 atom stereocenters. The highest BCUT2D eigenvalue weighted by molar-refractivity contribution is 5.78. The molecule has 1 aromatic carbocycles. The number of nitrogens with zero attached hydrogens (tertiary/aromatic N) is 5. The Morgan fingerprint density at radius 2 is 1.77 bits per heavy atom. The van der Waals surface area contributed by atoms with E-state index in [4.69, 9.17) is 4.74 Å². The maximum Gasteiger partial charge on any atom is 0.298 e. The van der Waals surface area contributed by atoms with Gasteiger partial charge in [-0.05, 0) is 42.7 Å². The zero-order chi connectivity index (χ0) is 18.3. The van der Waals surface area contributed by atoms with Crippen molar-refractivity contribution in [2.75, 3.05) is 7.11 Å². The molecule has 0 spiro atoms. The van der Waals surface area contributed by atoms with E-state index in [0.717, 1.165) is 28.0 Å². The lowest BCUT2D eigenvalue weighted by molar-refractivity contribution is 0.412. The number of methoxy groups -OCH3 is 1. The zero-order valence-corrected chi connectivity index (χ0v) is 14.7. The van der Waals surface area contributed by atoms with Crippen molar-refractivity contribution in [1.29, 1.82) is 0 Å². The Hall–Kier alpha value is -3.48.